The molecule has 2 atom stereocenters. The van der Waals surface area contributed by atoms with Gasteiger partial charge in [-0.3, -0.25) is 14.4 Å². The van der Waals surface area contributed by atoms with Crippen molar-refractivity contribution in [3.05, 3.63) is 29.8 Å². The van der Waals surface area contributed by atoms with E-state index >= 15 is 0 Å². The number of hydrogen-bond donors (Lipinski definition) is 1. The Bertz CT molecular complexity index is 705. The molecule has 1 N–H and O–H groups in total. The van der Waals surface area contributed by atoms with Crippen LogP contribution in [0.2, 0.25) is 0 Å². The van der Waals surface area contributed by atoms with Crippen molar-refractivity contribution in [1.29, 1.82) is 0 Å². The monoisotopic (exact) mass is 360 g/mol. The molecule has 2 aliphatic heterocycles. The number of carbonyl (C=O) groups is 3. The fourth-order valence-electron chi connectivity index (χ4n) is 3.73. The number of rotatable bonds is 5. The summed E-state index contributed by atoms with van der Waals surface area (Å²) in [6.07, 6.45) is 0.825. The maximum Gasteiger partial charge on any atom is 0.305 e. The molecule has 0 aromatic heterocycles. The Morgan fingerprint density at radius 2 is 2.08 bits per heavy atom. The van der Waals surface area contributed by atoms with E-state index in [1.54, 1.807) is 9.80 Å². The Kier molecular flexibility index (Phi) is 5.56. The van der Waals surface area contributed by atoms with Crippen LogP contribution in [-0.4, -0.2) is 60.1 Å². The minimum atomic E-state index is -0.959. The van der Waals surface area contributed by atoms with Crippen LogP contribution in [0.25, 0.3) is 0 Å². The number of morpholine rings is 1. The Morgan fingerprint density at radius 3 is 2.81 bits per heavy atom. The molecule has 2 amide bonds. The van der Waals surface area contributed by atoms with Crippen molar-refractivity contribution in [3.8, 4) is 0 Å². The van der Waals surface area contributed by atoms with E-state index in [4.69, 9.17) is 9.84 Å². The zero-order chi connectivity index (χ0) is 18.7. The third-order valence-electron chi connectivity index (χ3n) is 5.06. The second kappa shape index (κ2) is 7.86. The normalized spacial score (nSPS) is 23.3. The van der Waals surface area contributed by atoms with Gasteiger partial charge in [-0.25, -0.2) is 0 Å². The van der Waals surface area contributed by atoms with Crippen molar-refractivity contribution in [1.82, 2.24) is 4.90 Å². The molecule has 3 rings (SSSR count). The predicted octanol–water partition coefficient (Wildman–Crippen LogP) is 1.30. The number of carbonyl (C=O) groups excluding carboxylic acids is 2. The number of aliphatic carboxylic acids is 1. The fraction of sp³-hybridized carbons (Fsp3) is 0.526. The van der Waals surface area contributed by atoms with Gasteiger partial charge in [0.2, 0.25) is 11.8 Å². The van der Waals surface area contributed by atoms with Crippen molar-refractivity contribution < 1.29 is 24.2 Å². The van der Waals surface area contributed by atoms with Crippen molar-refractivity contribution in [2.45, 2.75) is 32.2 Å². The SMILES string of the molecule is CCc1ccccc1N1CC(C(=O)N2CCOCC2CC(=O)O)CC1=O. The number of carboxylic acid groups (broad SMARTS) is 1. The Labute approximate surface area is 152 Å². The molecule has 0 aliphatic carbocycles. The highest BCUT2D eigenvalue weighted by atomic mass is 16.5. The first-order valence-corrected chi connectivity index (χ1v) is 8.99. The minimum Gasteiger partial charge on any atom is -0.481 e. The topological polar surface area (TPSA) is 87.2 Å². The van der Waals surface area contributed by atoms with Gasteiger partial charge in [0, 0.05) is 25.2 Å². The second-order valence-electron chi connectivity index (χ2n) is 6.75. The largest absolute Gasteiger partial charge is 0.481 e. The van der Waals surface area contributed by atoms with E-state index in [0.29, 0.717) is 19.7 Å². The highest BCUT2D eigenvalue weighted by Gasteiger charge is 2.40. The molecule has 26 heavy (non-hydrogen) atoms. The molecule has 7 heteroatoms. The third-order valence-corrected chi connectivity index (χ3v) is 5.06. The highest BCUT2D eigenvalue weighted by molar-refractivity contribution is 6.01. The van der Waals surface area contributed by atoms with Crippen molar-refractivity contribution >= 4 is 23.5 Å². The Hall–Kier alpha value is -2.41. The van der Waals surface area contributed by atoms with Gasteiger partial charge in [0.1, 0.15) is 0 Å². The van der Waals surface area contributed by atoms with Gasteiger partial charge in [0.25, 0.3) is 0 Å². The summed E-state index contributed by atoms with van der Waals surface area (Å²) < 4.78 is 5.33. The lowest BCUT2D eigenvalue weighted by Crippen LogP contribution is -2.51. The summed E-state index contributed by atoms with van der Waals surface area (Å²) in [5, 5.41) is 9.07. The van der Waals surface area contributed by atoms with E-state index in [2.05, 4.69) is 0 Å². The van der Waals surface area contributed by atoms with Gasteiger partial charge >= 0.3 is 5.97 Å². The molecular weight excluding hydrogens is 336 g/mol. The number of ether oxygens (including phenoxy) is 1. The molecule has 7 nitrogen and oxygen atoms in total. The summed E-state index contributed by atoms with van der Waals surface area (Å²) in [5.74, 6) is -1.61. The maximum absolute atomic E-state index is 13.0. The summed E-state index contributed by atoms with van der Waals surface area (Å²) in [4.78, 5) is 39.8. The van der Waals surface area contributed by atoms with Crippen LogP contribution in [-0.2, 0) is 25.5 Å². The number of para-hydroxylation sites is 1. The Balaban J connectivity index is 1.75. The fourth-order valence-corrected chi connectivity index (χ4v) is 3.73. The molecule has 2 heterocycles. The average molecular weight is 360 g/mol. The molecule has 140 valence electrons. The zero-order valence-electron chi connectivity index (χ0n) is 14.9. The quantitative estimate of drug-likeness (QED) is 0.855. The van der Waals surface area contributed by atoms with Crippen molar-refractivity contribution in [2.75, 3.05) is 31.2 Å². The van der Waals surface area contributed by atoms with E-state index in [1.807, 2.05) is 31.2 Å². The second-order valence-corrected chi connectivity index (χ2v) is 6.75. The van der Waals surface area contributed by atoms with Crippen LogP contribution >= 0.6 is 0 Å². The van der Waals surface area contributed by atoms with Crippen LogP contribution in [0.1, 0.15) is 25.3 Å². The molecule has 2 unspecified atom stereocenters. The van der Waals surface area contributed by atoms with E-state index in [0.717, 1.165) is 17.7 Å². The zero-order valence-corrected chi connectivity index (χ0v) is 14.9. The van der Waals surface area contributed by atoms with Gasteiger partial charge in [0.15, 0.2) is 0 Å². The van der Waals surface area contributed by atoms with Gasteiger partial charge < -0.3 is 19.6 Å². The molecule has 0 radical (unpaired) electrons. The molecule has 0 bridgehead atoms. The smallest absolute Gasteiger partial charge is 0.305 e. The summed E-state index contributed by atoms with van der Waals surface area (Å²) in [6.45, 7) is 3.36. The van der Waals surface area contributed by atoms with E-state index < -0.39 is 17.9 Å². The molecule has 2 aliphatic rings. The van der Waals surface area contributed by atoms with E-state index in [-0.39, 0.29) is 31.3 Å². The number of anilines is 1. The summed E-state index contributed by atoms with van der Waals surface area (Å²) >= 11 is 0. The van der Waals surface area contributed by atoms with E-state index in [1.165, 1.54) is 0 Å². The summed E-state index contributed by atoms with van der Waals surface area (Å²) in [7, 11) is 0. The van der Waals surface area contributed by atoms with Crippen molar-refractivity contribution in [2.24, 2.45) is 5.92 Å². The summed E-state index contributed by atoms with van der Waals surface area (Å²) in [6, 6.07) is 7.26. The summed E-state index contributed by atoms with van der Waals surface area (Å²) in [5.41, 5.74) is 1.93. The number of carboxylic acids is 1. The molecule has 2 fully saturated rings. The number of aryl methyl sites for hydroxylation is 1. The number of amides is 2. The van der Waals surface area contributed by atoms with Crippen molar-refractivity contribution in [3.63, 3.8) is 0 Å². The van der Waals surface area contributed by atoms with Crippen LogP contribution in [0.15, 0.2) is 24.3 Å². The molecule has 2 saturated heterocycles. The first-order valence-electron chi connectivity index (χ1n) is 8.99. The van der Waals surface area contributed by atoms with Gasteiger partial charge in [0.05, 0.1) is 31.6 Å². The average Bonchev–Trinajstić information content (AvgIpc) is 3.02. The van der Waals surface area contributed by atoms with Crippen LogP contribution < -0.4 is 4.90 Å². The molecular formula is C19H24N2O5. The first-order chi connectivity index (χ1) is 12.5. The molecule has 1 aromatic carbocycles. The van der Waals surface area contributed by atoms with E-state index in [9.17, 15) is 14.4 Å². The lowest BCUT2D eigenvalue weighted by atomic mass is 10.0. The maximum atomic E-state index is 13.0. The standard InChI is InChI=1S/C19H24N2O5/c1-2-13-5-3-4-6-16(13)21-11-14(9-17(21)22)19(25)20-7-8-26-12-15(20)10-18(23)24/h3-6,14-15H,2,7-12H2,1H3,(H,23,24). The third kappa shape index (κ3) is 3.72. The predicted molar refractivity (Wildman–Crippen MR) is 94.9 cm³/mol. The lowest BCUT2D eigenvalue weighted by Gasteiger charge is -2.36. The number of benzene rings is 1. The lowest BCUT2D eigenvalue weighted by molar-refractivity contribution is -0.149. The van der Waals surface area contributed by atoms with Gasteiger partial charge in [-0.2, -0.15) is 0 Å². The Morgan fingerprint density at radius 1 is 1.31 bits per heavy atom. The van der Waals surface area contributed by atoms with Gasteiger partial charge in [-0.15, -0.1) is 0 Å². The van der Waals surface area contributed by atoms with Crippen LogP contribution in [0.3, 0.4) is 0 Å². The highest BCUT2D eigenvalue weighted by Crippen LogP contribution is 2.30. The van der Waals surface area contributed by atoms with Crippen LogP contribution in [0.4, 0.5) is 5.69 Å². The van der Waals surface area contributed by atoms with Crippen LogP contribution in [0.5, 0.6) is 0 Å². The van der Waals surface area contributed by atoms with Gasteiger partial charge in [-0.1, -0.05) is 25.1 Å². The van der Waals surface area contributed by atoms with Gasteiger partial charge in [-0.05, 0) is 18.1 Å². The number of hydrogen-bond acceptors (Lipinski definition) is 4. The molecule has 0 spiro atoms. The van der Waals surface area contributed by atoms with Crippen LogP contribution in [0, 0.1) is 5.92 Å². The number of nitrogens with zero attached hydrogens (tertiary/aromatic N) is 2. The first kappa shape index (κ1) is 18.4. The molecule has 0 saturated carbocycles. The molecule has 1 aromatic rings. The minimum absolute atomic E-state index is 0.0627.